The minimum atomic E-state index is -4.75. The van der Waals surface area contributed by atoms with E-state index in [9.17, 15) is 18.0 Å². The molecule has 0 bridgehead atoms. The highest BCUT2D eigenvalue weighted by molar-refractivity contribution is 5.74. The van der Waals surface area contributed by atoms with Crippen LogP contribution in [0.5, 0.6) is 0 Å². The van der Waals surface area contributed by atoms with E-state index in [1.54, 1.807) is 60.7 Å². The van der Waals surface area contributed by atoms with Crippen molar-refractivity contribution in [3.63, 3.8) is 0 Å². The molecule has 2 amide bonds. The van der Waals surface area contributed by atoms with Crippen molar-refractivity contribution in [3.05, 3.63) is 71.8 Å². The molecule has 0 fully saturated rings. The van der Waals surface area contributed by atoms with Gasteiger partial charge in [-0.2, -0.15) is 13.2 Å². The van der Waals surface area contributed by atoms with E-state index in [0.29, 0.717) is 0 Å². The van der Waals surface area contributed by atoms with Crippen LogP contribution in [0.25, 0.3) is 0 Å². The minimum absolute atomic E-state index is 0.0949. The fraction of sp³-hybridized carbons (Fsp3) is 0.188. The van der Waals surface area contributed by atoms with Crippen LogP contribution in [0, 0.1) is 0 Å². The second kappa shape index (κ2) is 6.98. The highest BCUT2D eigenvalue weighted by atomic mass is 19.4. The topological polar surface area (TPSA) is 32.3 Å². The van der Waals surface area contributed by atoms with Crippen LogP contribution < -0.4 is 5.32 Å². The van der Waals surface area contributed by atoms with Gasteiger partial charge in [0.25, 0.3) is 0 Å². The van der Waals surface area contributed by atoms with Gasteiger partial charge in [-0.25, -0.2) is 10.1 Å². The van der Waals surface area contributed by atoms with Gasteiger partial charge in [0.2, 0.25) is 0 Å². The molecule has 2 rings (SSSR count). The predicted molar refractivity (Wildman–Crippen MR) is 76.7 cm³/mol. The Balaban J connectivity index is 2.14. The van der Waals surface area contributed by atoms with Crippen LogP contribution in [0.2, 0.25) is 0 Å². The Kier molecular flexibility index (Phi) is 5.04. The van der Waals surface area contributed by atoms with Crippen molar-refractivity contribution in [1.29, 1.82) is 0 Å². The largest absolute Gasteiger partial charge is 0.485 e. The van der Waals surface area contributed by atoms with Crippen molar-refractivity contribution in [2.24, 2.45) is 0 Å². The molecule has 0 aliphatic heterocycles. The standard InChI is InChI=1S/C16H15F3N2O/c17-16(18,19)20-15(22)21(11-13-7-3-1-4-8-13)12-14-9-5-2-6-10-14/h1-10H,11-12H2,(H,20,22). The summed E-state index contributed by atoms with van der Waals surface area (Å²) in [5.74, 6) is 0. The Bertz CT molecular complexity index is 558. The van der Waals surface area contributed by atoms with E-state index < -0.39 is 12.3 Å². The molecule has 0 atom stereocenters. The monoisotopic (exact) mass is 308 g/mol. The lowest BCUT2D eigenvalue weighted by Crippen LogP contribution is -2.45. The summed E-state index contributed by atoms with van der Waals surface area (Å²) in [5.41, 5.74) is 1.52. The molecule has 22 heavy (non-hydrogen) atoms. The summed E-state index contributed by atoms with van der Waals surface area (Å²) < 4.78 is 37.2. The lowest BCUT2D eigenvalue weighted by molar-refractivity contribution is -0.147. The Hall–Kier alpha value is -2.50. The number of halogens is 3. The van der Waals surface area contributed by atoms with E-state index in [0.717, 1.165) is 21.3 Å². The maximum absolute atomic E-state index is 12.4. The van der Waals surface area contributed by atoms with Gasteiger partial charge < -0.3 is 4.90 Å². The van der Waals surface area contributed by atoms with Crippen LogP contribution in [0.15, 0.2) is 60.7 Å². The van der Waals surface area contributed by atoms with Crippen molar-refractivity contribution < 1.29 is 18.0 Å². The van der Waals surface area contributed by atoms with E-state index in [4.69, 9.17) is 0 Å². The number of carbonyl (C=O) groups is 1. The molecule has 0 aliphatic carbocycles. The lowest BCUT2D eigenvalue weighted by atomic mass is 10.2. The van der Waals surface area contributed by atoms with Crippen molar-refractivity contribution in [3.8, 4) is 0 Å². The molecule has 2 aromatic rings. The van der Waals surface area contributed by atoms with Crippen LogP contribution in [-0.2, 0) is 13.1 Å². The highest BCUT2D eigenvalue weighted by Gasteiger charge is 2.32. The third-order valence-electron chi connectivity index (χ3n) is 2.97. The molecule has 6 heteroatoms. The first-order valence-electron chi connectivity index (χ1n) is 6.66. The predicted octanol–water partition coefficient (Wildman–Crippen LogP) is 3.92. The van der Waals surface area contributed by atoms with Crippen molar-refractivity contribution in [2.75, 3.05) is 0 Å². The number of urea groups is 1. The summed E-state index contributed by atoms with van der Waals surface area (Å²) in [6.45, 7) is 0.190. The Morgan fingerprint density at radius 3 is 1.64 bits per heavy atom. The number of nitrogens with one attached hydrogen (secondary N) is 1. The maximum Gasteiger partial charge on any atom is 0.485 e. The zero-order valence-electron chi connectivity index (χ0n) is 11.7. The molecule has 3 nitrogen and oxygen atoms in total. The number of hydrogen-bond acceptors (Lipinski definition) is 1. The zero-order chi connectivity index (χ0) is 16.0. The van der Waals surface area contributed by atoms with Gasteiger partial charge >= 0.3 is 12.3 Å². The van der Waals surface area contributed by atoms with E-state index >= 15 is 0 Å². The van der Waals surface area contributed by atoms with E-state index in [1.807, 2.05) is 0 Å². The van der Waals surface area contributed by atoms with E-state index in [1.165, 1.54) is 0 Å². The first-order chi connectivity index (χ1) is 10.4. The number of benzene rings is 2. The summed E-state index contributed by atoms with van der Waals surface area (Å²) in [6, 6.07) is 16.6. The molecule has 0 spiro atoms. The average Bonchev–Trinajstić information content (AvgIpc) is 2.47. The summed E-state index contributed by atoms with van der Waals surface area (Å²) in [7, 11) is 0. The minimum Gasteiger partial charge on any atom is -0.316 e. The zero-order valence-corrected chi connectivity index (χ0v) is 11.7. The second-order valence-electron chi connectivity index (χ2n) is 4.76. The molecule has 2 aromatic carbocycles. The van der Waals surface area contributed by atoms with Gasteiger partial charge in [0.15, 0.2) is 0 Å². The van der Waals surface area contributed by atoms with Gasteiger partial charge in [0.05, 0.1) is 0 Å². The van der Waals surface area contributed by atoms with Crippen molar-refractivity contribution in [1.82, 2.24) is 10.2 Å². The number of rotatable bonds is 4. The molecule has 0 saturated carbocycles. The van der Waals surface area contributed by atoms with Gasteiger partial charge in [-0.05, 0) is 11.1 Å². The third-order valence-corrected chi connectivity index (χ3v) is 2.97. The van der Waals surface area contributed by atoms with Gasteiger partial charge in [0.1, 0.15) is 0 Å². The summed E-state index contributed by atoms with van der Waals surface area (Å²) in [5, 5.41) is 1.05. The van der Waals surface area contributed by atoms with E-state index in [2.05, 4.69) is 0 Å². The first-order valence-corrected chi connectivity index (χ1v) is 6.66. The van der Waals surface area contributed by atoms with Gasteiger partial charge in [0, 0.05) is 13.1 Å². The molecule has 0 aliphatic rings. The molecule has 0 aromatic heterocycles. The second-order valence-corrected chi connectivity index (χ2v) is 4.76. The molecular weight excluding hydrogens is 293 g/mol. The van der Waals surface area contributed by atoms with Gasteiger partial charge in [-0.1, -0.05) is 60.7 Å². The number of alkyl halides is 3. The smallest absolute Gasteiger partial charge is 0.316 e. The third kappa shape index (κ3) is 5.12. The first kappa shape index (κ1) is 15.9. The maximum atomic E-state index is 12.4. The van der Waals surface area contributed by atoms with Crippen molar-refractivity contribution in [2.45, 2.75) is 19.4 Å². The Morgan fingerprint density at radius 2 is 1.27 bits per heavy atom. The molecular formula is C16H15F3N2O. The van der Waals surface area contributed by atoms with Crippen LogP contribution in [0.3, 0.4) is 0 Å². The van der Waals surface area contributed by atoms with E-state index in [-0.39, 0.29) is 13.1 Å². The Labute approximate surface area is 126 Å². The molecule has 1 N–H and O–H groups in total. The number of hydrogen-bond donors (Lipinski definition) is 1. The summed E-state index contributed by atoms with van der Waals surface area (Å²) in [6.07, 6.45) is -4.75. The molecule has 0 saturated heterocycles. The fourth-order valence-electron chi connectivity index (χ4n) is 2.01. The van der Waals surface area contributed by atoms with Crippen LogP contribution in [0.4, 0.5) is 18.0 Å². The highest BCUT2D eigenvalue weighted by Crippen LogP contribution is 2.14. The number of amides is 2. The van der Waals surface area contributed by atoms with Crippen LogP contribution in [-0.4, -0.2) is 17.2 Å². The lowest BCUT2D eigenvalue weighted by Gasteiger charge is -2.24. The van der Waals surface area contributed by atoms with Gasteiger partial charge in [-0.15, -0.1) is 0 Å². The number of nitrogens with zero attached hydrogens (tertiary/aromatic N) is 1. The Morgan fingerprint density at radius 1 is 0.864 bits per heavy atom. The molecule has 0 radical (unpaired) electrons. The number of carbonyl (C=O) groups excluding carboxylic acids is 1. The average molecular weight is 308 g/mol. The molecule has 0 unspecified atom stereocenters. The normalized spacial score (nSPS) is 11.0. The van der Waals surface area contributed by atoms with Crippen LogP contribution in [0.1, 0.15) is 11.1 Å². The molecule has 116 valence electrons. The summed E-state index contributed by atoms with van der Waals surface area (Å²) in [4.78, 5) is 13.0. The molecule has 0 heterocycles. The summed E-state index contributed by atoms with van der Waals surface area (Å²) >= 11 is 0. The fourth-order valence-corrected chi connectivity index (χ4v) is 2.01. The van der Waals surface area contributed by atoms with Gasteiger partial charge in [-0.3, -0.25) is 0 Å². The SMILES string of the molecule is O=C(NC(F)(F)F)N(Cc1ccccc1)Cc1ccccc1. The van der Waals surface area contributed by atoms with Crippen molar-refractivity contribution >= 4 is 6.03 Å². The van der Waals surface area contributed by atoms with Crippen LogP contribution >= 0.6 is 0 Å². The quantitative estimate of drug-likeness (QED) is 0.853.